The standard InChI is InChI=1S/C13H14N2O5S/c1-3-8-14-12(16)9-20-13(17)10-6-4-5-7-11(10)15-21(2,18)19/h1,4-7,15H,8-9H2,2H3,(H,14,16). The predicted octanol–water partition coefficient (Wildman–Crippen LogP) is -0.0357. The van der Waals surface area contributed by atoms with Crippen molar-refractivity contribution in [3.63, 3.8) is 0 Å². The third-order valence-electron chi connectivity index (χ3n) is 2.16. The van der Waals surface area contributed by atoms with Gasteiger partial charge in [0.2, 0.25) is 10.0 Å². The molecule has 0 aliphatic rings. The van der Waals surface area contributed by atoms with Crippen molar-refractivity contribution < 1.29 is 22.7 Å². The number of carbonyl (C=O) groups excluding carboxylic acids is 2. The van der Waals surface area contributed by atoms with Gasteiger partial charge in [-0.15, -0.1) is 6.42 Å². The highest BCUT2D eigenvalue weighted by atomic mass is 32.2. The summed E-state index contributed by atoms with van der Waals surface area (Å²) in [5.41, 5.74) is 0.0849. The molecule has 0 atom stereocenters. The highest BCUT2D eigenvalue weighted by molar-refractivity contribution is 7.92. The topological polar surface area (TPSA) is 102 Å². The molecule has 0 radical (unpaired) electrons. The molecule has 1 rings (SSSR count). The van der Waals surface area contributed by atoms with Crippen LogP contribution in [-0.4, -0.2) is 39.7 Å². The molecule has 112 valence electrons. The molecule has 0 fully saturated rings. The molecule has 0 aliphatic heterocycles. The van der Waals surface area contributed by atoms with Crippen LogP contribution in [0.25, 0.3) is 0 Å². The molecule has 0 unspecified atom stereocenters. The maximum atomic E-state index is 11.9. The molecule has 1 amide bonds. The number of carbonyl (C=O) groups is 2. The van der Waals surface area contributed by atoms with Crippen LogP contribution in [0.4, 0.5) is 5.69 Å². The first-order valence-electron chi connectivity index (χ1n) is 5.77. The van der Waals surface area contributed by atoms with Gasteiger partial charge >= 0.3 is 5.97 Å². The maximum absolute atomic E-state index is 11.9. The number of terminal acetylenes is 1. The predicted molar refractivity (Wildman–Crippen MR) is 77.0 cm³/mol. The van der Waals surface area contributed by atoms with Crippen LogP contribution in [0.15, 0.2) is 24.3 Å². The van der Waals surface area contributed by atoms with Crippen molar-refractivity contribution in [1.82, 2.24) is 5.32 Å². The second-order valence-corrected chi connectivity index (χ2v) is 5.73. The molecule has 8 heteroatoms. The van der Waals surface area contributed by atoms with E-state index in [0.717, 1.165) is 6.26 Å². The summed E-state index contributed by atoms with van der Waals surface area (Å²) in [5, 5.41) is 2.33. The van der Waals surface area contributed by atoms with Gasteiger partial charge in [-0.3, -0.25) is 9.52 Å². The first kappa shape index (κ1) is 16.5. The van der Waals surface area contributed by atoms with Crippen molar-refractivity contribution in [2.24, 2.45) is 0 Å². The first-order chi connectivity index (χ1) is 9.83. The van der Waals surface area contributed by atoms with E-state index >= 15 is 0 Å². The lowest BCUT2D eigenvalue weighted by Gasteiger charge is -2.10. The Hall–Kier alpha value is -2.53. The van der Waals surface area contributed by atoms with E-state index in [0.29, 0.717) is 0 Å². The molecule has 0 spiro atoms. The number of nitrogens with one attached hydrogen (secondary N) is 2. The number of hydrogen-bond donors (Lipinski definition) is 2. The molecule has 2 N–H and O–H groups in total. The molecule has 0 heterocycles. The number of sulfonamides is 1. The monoisotopic (exact) mass is 310 g/mol. The Kier molecular flexibility index (Phi) is 5.75. The summed E-state index contributed by atoms with van der Waals surface area (Å²) in [6, 6.07) is 5.90. The van der Waals surface area contributed by atoms with Crippen molar-refractivity contribution in [1.29, 1.82) is 0 Å². The molecule has 21 heavy (non-hydrogen) atoms. The molecule has 1 aromatic carbocycles. The van der Waals surface area contributed by atoms with E-state index in [2.05, 4.69) is 16.0 Å². The van der Waals surface area contributed by atoms with Gasteiger partial charge in [0.25, 0.3) is 5.91 Å². The average molecular weight is 310 g/mol. The summed E-state index contributed by atoms with van der Waals surface area (Å²) < 4.78 is 29.4. The fourth-order valence-electron chi connectivity index (χ4n) is 1.36. The summed E-state index contributed by atoms with van der Waals surface area (Å²) in [4.78, 5) is 23.1. The maximum Gasteiger partial charge on any atom is 0.340 e. The van der Waals surface area contributed by atoms with E-state index in [1.165, 1.54) is 12.1 Å². The number of anilines is 1. The van der Waals surface area contributed by atoms with Crippen molar-refractivity contribution in [2.45, 2.75) is 0 Å². The lowest BCUT2D eigenvalue weighted by atomic mass is 10.2. The molecule has 1 aromatic rings. The zero-order valence-corrected chi connectivity index (χ0v) is 12.1. The van der Waals surface area contributed by atoms with Gasteiger partial charge < -0.3 is 10.1 Å². The van der Waals surface area contributed by atoms with E-state index in [9.17, 15) is 18.0 Å². The summed E-state index contributed by atoms with van der Waals surface area (Å²) in [6.45, 7) is -0.476. The van der Waals surface area contributed by atoms with Crippen LogP contribution in [0.5, 0.6) is 0 Å². The first-order valence-corrected chi connectivity index (χ1v) is 7.66. The highest BCUT2D eigenvalue weighted by Gasteiger charge is 2.16. The quantitative estimate of drug-likeness (QED) is 0.567. The third kappa shape index (κ3) is 5.97. The summed E-state index contributed by atoms with van der Waals surface area (Å²) in [6.07, 6.45) is 5.93. The summed E-state index contributed by atoms with van der Waals surface area (Å²) in [5.74, 6) is 0.836. The van der Waals surface area contributed by atoms with Crippen LogP contribution in [0.1, 0.15) is 10.4 Å². The molecule has 0 saturated carbocycles. The minimum absolute atomic E-state index is 0.00711. The van der Waals surface area contributed by atoms with Gasteiger partial charge in [0.1, 0.15) is 0 Å². The lowest BCUT2D eigenvalue weighted by molar-refractivity contribution is -0.123. The van der Waals surface area contributed by atoms with Crippen LogP contribution in [0.2, 0.25) is 0 Å². The van der Waals surface area contributed by atoms with Crippen molar-refractivity contribution in [3.05, 3.63) is 29.8 Å². The fourth-order valence-corrected chi connectivity index (χ4v) is 1.94. The number of rotatable bonds is 6. The SMILES string of the molecule is C#CCNC(=O)COC(=O)c1ccccc1NS(C)(=O)=O. The van der Waals surface area contributed by atoms with Gasteiger partial charge in [-0.05, 0) is 12.1 Å². The van der Waals surface area contributed by atoms with Crippen LogP contribution < -0.4 is 10.0 Å². The number of benzene rings is 1. The Morgan fingerprint density at radius 1 is 1.33 bits per heavy atom. The Morgan fingerprint density at radius 3 is 2.62 bits per heavy atom. The Bertz CT molecular complexity index is 676. The number of para-hydroxylation sites is 1. The van der Waals surface area contributed by atoms with E-state index in [4.69, 9.17) is 11.2 Å². The minimum Gasteiger partial charge on any atom is -0.452 e. The average Bonchev–Trinajstić information content (AvgIpc) is 2.41. The second kappa shape index (κ2) is 7.31. The van der Waals surface area contributed by atoms with Crippen molar-refractivity contribution in [2.75, 3.05) is 24.1 Å². The molecule has 7 nitrogen and oxygen atoms in total. The zero-order chi connectivity index (χ0) is 15.9. The number of amides is 1. The van der Waals surface area contributed by atoms with Gasteiger partial charge in [0, 0.05) is 0 Å². The molecular formula is C13H14N2O5S. The smallest absolute Gasteiger partial charge is 0.340 e. The second-order valence-electron chi connectivity index (χ2n) is 3.98. The van der Waals surface area contributed by atoms with Crippen molar-refractivity contribution in [3.8, 4) is 12.3 Å². The molecule has 0 bridgehead atoms. The molecule has 0 aromatic heterocycles. The van der Waals surface area contributed by atoms with Crippen LogP contribution in [0.3, 0.4) is 0 Å². The number of esters is 1. The molecular weight excluding hydrogens is 296 g/mol. The fraction of sp³-hybridized carbons (Fsp3) is 0.231. The van der Waals surface area contributed by atoms with E-state index in [-0.39, 0.29) is 17.8 Å². The normalized spacial score (nSPS) is 10.3. The van der Waals surface area contributed by atoms with Gasteiger partial charge in [-0.2, -0.15) is 0 Å². The van der Waals surface area contributed by atoms with Crippen LogP contribution in [-0.2, 0) is 19.6 Å². The van der Waals surface area contributed by atoms with E-state index in [1.54, 1.807) is 12.1 Å². The lowest BCUT2D eigenvalue weighted by Crippen LogP contribution is -2.29. The number of hydrogen-bond acceptors (Lipinski definition) is 5. The van der Waals surface area contributed by atoms with Gasteiger partial charge in [-0.25, -0.2) is 13.2 Å². The third-order valence-corrected chi connectivity index (χ3v) is 2.76. The summed E-state index contributed by atoms with van der Waals surface area (Å²) >= 11 is 0. The van der Waals surface area contributed by atoms with Gasteiger partial charge in [-0.1, -0.05) is 18.1 Å². The van der Waals surface area contributed by atoms with E-state index < -0.39 is 28.5 Å². The zero-order valence-electron chi connectivity index (χ0n) is 11.3. The van der Waals surface area contributed by atoms with Crippen molar-refractivity contribution >= 4 is 27.6 Å². The largest absolute Gasteiger partial charge is 0.452 e. The molecule has 0 saturated heterocycles. The highest BCUT2D eigenvalue weighted by Crippen LogP contribution is 2.17. The van der Waals surface area contributed by atoms with Gasteiger partial charge in [0.15, 0.2) is 6.61 Å². The van der Waals surface area contributed by atoms with Crippen LogP contribution >= 0.6 is 0 Å². The van der Waals surface area contributed by atoms with Gasteiger partial charge in [0.05, 0.1) is 24.1 Å². The minimum atomic E-state index is -3.54. The van der Waals surface area contributed by atoms with Crippen LogP contribution in [0, 0.1) is 12.3 Å². The Labute approximate surface area is 122 Å². The Balaban J connectivity index is 2.75. The van der Waals surface area contributed by atoms with E-state index in [1.807, 2.05) is 0 Å². The Morgan fingerprint density at radius 2 is 2.00 bits per heavy atom. The molecule has 0 aliphatic carbocycles. The summed E-state index contributed by atoms with van der Waals surface area (Å²) in [7, 11) is -3.54. The number of ether oxygens (including phenoxy) is 1.